The maximum atomic E-state index is 12.3. The van der Waals surface area contributed by atoms with E-state index in [1.54, 1.807) is 25.1 Å². The Morgan fingerprint density at radius 1 is 0.896 bits per heavy atom. The Kier molecular flexibility index (Phi) is 12.5. The van der Waals surface area contributed by atoms with Gasteiger partial charge in [-0.15, -0.1) is 0 Å². The molecule has 4 aromatic carbocycles. The van der Waals surface area contributed by atoms with Crippen LogP contribution in [0.1, 0.15) is 30.0 Å². The Balaban J connectivity index is 1.36. The number of aliphatic hydroxyl groups is 2. The van der Waals surface area contributed by atoms with E-state index in [2.05, 4.69) is 15.6 Å². The van der Waals surface area contributed by atoms with E-state index < -0.39 is 18.6 Å². The first-order valence-electron chi connectivity index (χ1n) is 15.3. The topological polar surface area (TPSA) is 145 Å². The summed E-state index contributed by atoms with van der Waals surface area (Å²) in [5, 5.41) is 30.4. The number of hydrogen-bond donors (Lipinski definition) is 3. The quantitative estimate of drug-likeness (QED) is 0.0763. The summed E-state index contributed by atoms with van der Waals surface area (Å²) in [6, 6.07) is 21.1. The number of benzene rings is 4. The van der Waals surface area contributed by atoms with Crippen molar-refractivity contribution >= 4 is 40.2 Å². The molecule has 0 radical (unpaired) electrons. The highest BCUT2D eigenvalue weighted by atomic mass is 35.5. The van der Waals surface area contributed by atoms with Crippen molar-refractivity contribution in [3.05, 3.63) is 99.5 Å². The van der Waals surface area contributed by atoms with Crippen molar-refractivity contribution in [3.8, 4) is 28.4 Å². The fourth-order valence-electron chi connectivity index (χ4n) is 4.81. The van der Waals surface area contributed by atoms with E-state index in [4.69, 9.17) is 51.9 Å². The predicted octanol–water partition coefficient (Wildman–Crippen LogP) is 6.13. The summed E-state index contributed by atoms with van der Waals surface area (Å²) in [5.41, 5.74) is 5.08. The lowest BCUT2D eigenvalue weighted by atomic mass is 10.0. The van der Waals surface area contributed by atoms with Crippen molar-refractivity contribution < 1.29 is 38.6 Å². The van der Waals surface area contributed by atoms with Crippen molar-refractivity contribution in [2.75, 3.05) is 26.4 Å². The van der Waals surface area contributed by atoms with Crippen LogP contribution in [0, 0.1) is 0 Å². The molecule has 0 aliphatic heterocycles. The molecule has 1 atom stereocenters. The number of nitrogens with zero attached hydrogens (tertiary/aromatic N) is 2. The second-order valence-corrected chi connectivity index (χ2v) is 11.4. The summed E-state index contributed by atoms with van der Waals surface area (Å²) >= 11 is 13.6. The number of ether oxygens (including phenoxy) is 4. The van der Waals surface area contributed by atoms with Crippen LogP contribution in [0.2, 0.25) is 10.0 Å². The van der Waals surface area contributed by atoms with Crippen LogP contribution in [0.15, 0.2) is 77.4 Å². The van der Waals surface area contributed by atoms with Crippen LogP contribution in [-0.2, 0) is 29.3 Å². The SMILES string of the molecule is CCOC(=O)C(CO)NCc1cc(Cl)c(OCc2cccc(-c3cccc(OCCCO)c3)c2Cl)cc1OCc1ccc2nonc2c1. The summed E-state index contributed by atoms with van der Waals surface area (Å²) in [4.78, 5) is 12.3. The van der Waals surface area contributed by atoms with E-state index in [-0.39, 0.29) is 33.0 Å². The van der Waals surface area contributed by atoms with Gasteiger partial charge in [0.2, 0.25) is 0 Å². The number of nitrogens with one attached hydrogen (secondary N) is 1. The largest absolute Gasteiger partial charge is 0.493 e. The first-order chi connectivity index (χ1) is 23.4. The van der Waals surface area contributed by atoms with Crippen LogP contribution in [0.5, 0.6) is 17.2 Å². The Labute approximate surface area is 287 Å². The zero-order chi connectivity index (χ0) is 33.9. The Morgan fingerprint density at radius 2 is 1.71 bits per heavy atom. The molecule has 13 heteroatoms. The van der Waals surface area contributed by atoms with Gasteiger partial charge in [-0.2, -0.15) is 0 Å². The molecule has 0 saturated carbocycles. The number of esters is 1. The molecule has 0 aliphatic rings. The summed E-state index contributed by atoms with van der Waals surface area (Å²) < 4.78 is 28.0. The van der Waals surface area contributed by atoms with Gasteiger partial charge < -0.3 is 29.2 Å². The molecular weight excluding hydrogens is 661 g/mol. The molecule has 5 rings (SSSR count). The third-order valence-corrected chi connectivity index (χ3v) is 8.04. The second kappa shape index (κ2) is 17.1. The highest BCUT2D eigenvalue weighted by Gasteiger charge is 2.20. The van der Waals surface area contributed by atoms with Gasteiger partial charge in [-0.05, 0) is 58.7 Å². The molecule has 252 valence electrons. The maximum Gasteiger partial charge on any atom is 0.325 e. The van der Waals surface area contributed by atoms with Gasteiger partial charge >= 0.3 is 5.97 Å². The first kappa shape index (κ1) is 34.9. The van der Waals surface area contributed by atoms with Crippen molar-refractivity contribution in [1.82, 2.24) is 15.6 Å². The van der Waals surface area contributed by atoms with Crippen LogP contribution in [0.25, 0.3) is 22.2 Å². The lowest BCUT2D eigenvalue weighted by Gasteiger charge is -2.19. The third-order valence-electron chi connectivity index (χ3n) is 7.30. The van der Waals surface area contributed by atoms with E-state index in [0.717, 1.165) is 22.3 Å². The first-order valence-corrected chi connectivity index (χ1v) is 16.1. The standard InChI is InChI=1S/C35H35Cl2N3O8/c1-2-44-35(43)31(19-42)38-18-25-16-28(36)33(17-32(25)46-20-22-10-11-29-30(14-22)40-48-39-29)47-21-24-7-4-9-27(34(24)37)23-6-3-8-26(15-23)45-13-5-12-41/h3-4,6-11,14-17,31,38,41-42H,2,5,12-13,18-21H2,1H3. The normalized spacial score (nSPS) is 11.8. The zero-order valence-corrected chi connectivity index (χ0v) is 27.7. The number of carbonyl (C=O) groups is 1. The molecule has 48 heavy (non-hydrogen) atoms. The average molecular weight is 697 g/mol. The molecule has 0 spiro atoms. The fraction of sp³-hybridized carbons (Fsp3) is 0.286. The van der Waals surface area contributed by atoms with Crippen LogP contribution in [0.3, 0.4) is 0 Å². The zero-order valence-electron chi connectivity index (χ0n) is 26.2. The van der Waals surface area contributed by atoms with E-state index in [1.807, 2.05) is 54.6 Å². The lowest BCUT2D eigenvalue weighted by Crippen LogP contribution is -2.40. The number of fused-ring (bicyclic) bond motifs is 1. The molecular formula is C35H35Cl2N3O8. The molecule has 5 aromatic rings. The van der Waals surface area contributed by atoms with Gasteiger partial charge in [-0.1, -0.05) is 59.6 Å². The van der Waals surface area contributed by atoms with Gasteiger partial charge in [0, 0.05) is 42.3 Å². The molecule has 0 amide bonds. The highest BCUT2D eigenvalue weighted by Crippen LogP contribution is 2.36. The number of hydrogen-bond acceptors (Lipinski definition) is 11. The van der Waals surface area contributed by atoms with Gasteiger partial charge in [0.1, 0.15) is 47.5 Å². The van der Waals surface area contributed by atoms with E-state index in [0.29, 0.717) is 56.9 Å². The van der Waals surface area contributed by atoms with E-state index in [1.165, 1.54) is 0 Å². The van der Waals surface area contributed by atoms with Crippen molar-refractivity contribution in [1.29, 1.82) is 0 Å². The van der Waals surface area contributed by atoms with Crippen molar-refractivity contribution in [2.24, 2.45) is 0 Å². The molecule has 1 unspecified atom stereocenters. The summed E-state index contributed by atoms with van der Waals surface area (Å²) in [6.45, 7) is 2.33. The van der Waals surface area contributed by atoms with Crippen LogP contribution >= 0.6 is 23.2 Å². The molecule has 1 aromatic heterocycles. The van der Waals surface area contributed by atoms with Gasteiger partial charge in [0.05, 0.1) is 29.9 Å². The Hall–Kier alpha value is -4.39. The predicted molar refractivity (Wildman–Crippen MR) is 180 cm³/mol. The summed E-state index contributed by atoms with van der Waals surface area (Å²) in [7, 11) is 0. The van der Waals surface area contributed by atoms with Gasteiger partial charge in [0.25, 0.3) is 0 Å². The fourth-order valence-corrected chi connectivity index (χ4v) is 5.34. The molecule has 0 fully saturated rings. The minimum Gasteiger partial charge on any atom is -0.493 e. The minimum atomic E-state index is -0.934. The molecule has 1 heterocycles. The lowest BCUT2D eigenvalue weighted by molar-refractivity contribution is -0.146. The molecule has 11 nitrogen and oxygen atoms in total. The van der Waals surface area contributed by atoms with Gasteiger partial charge in [0.15, 0.2) is 0 Å². The number of aliphatic hydroxyl groups excluding tert-OH is 2. The third kappa shape index (κ3) is 8.94. The number of halogens is 2. The Morgan fingerprint density at radius 3 is 2.52 bits per heavy atom. The Bertz CT molecular complexity index is 1830. The van der Waals surface area contributed by atoms with Gasteiger partial charge in [-0.25, -0.2) is 4.63 Å². The number of rotatable bonds is 17. The average Bonchev–Trinajstić information content (AvgIpc) is 3.57. The van der Waals surface area contributed by atoms with E-state index in [9.17, 15) is 9.90 Å². The minimum absolute atomic E-state index is 0.0579. The van der Waals surface area contributed by atoms with E-state index >= 15 is 0 Å². The molecule has 0 bridgehead atoms. The highest BCUT2D eigenvalue weighted by molar-refractivity contribution is 6.34. The van der Waals surface area contributed by atoms with Crippen molar-refractivity contribution in [2.45, 2.75) is 39.1 Å². The van der Waals surface area contributed by atoms with Gasteiger partial charge in [-0.3, -0.25) is 10.1 Å². The summed E-state index contributed by atoms with van der Waals surface area (Å²) in [6.07, 6.45) is 0.539. The molecule has 3 N–H and O–H groups in total. The van der Waals surface area contributed by atoms with Crippen LogP contribution in [0.4, 0.5) is 0 Å². The van der Waals surface area contributed by atoms with Crippen molar-refractivity contribution in [3.63, 3.8) is 0 Å². The van der Waals surface area contributed by atoms with Crippen LogP contribution < -0.4 is 19.5 Å². The number of aromatic nitrogens is 2. The molecule has 0 saturated heterocycles. The smallest absolute Gasteiger partial charge is 0.325 e. The second-order valence-electron chi connectivity index (χ2n) is 10.7. The maximum absolute atomic E-state index is 12.3. The number of carbonyl (C=O) groups excluding carboxylic acids is 1. The monoisotopic (exact) mass is 695 g/mol. The summed E-state index contributed by atoms with van der Waals surface area (Å²) in [5.74, 6) is 0.913. The molecule has 0 aliphatic carbocycles. The van der Waals surface area contributed by atoms with Crippen LogP contribution in [-0.4, -0.2) is 59.0 Å².